The van der Waals surface area contributed by atoms with Crippen LogP contribution in [0.15, 0.2) is 45.5 Å². The quantitative estimate of drug-likeness (QED) is 0.534. The molecule has 0 atom stereocenters. The molecule has 0 spiro atoms. The van der Waals surface area contributed by atoms with E-state index in [1.165, 1.54) is 0 Å². The summed E-state index contributed by atoms with van der Waals surface area (Å²) in [6, 6.07) is 0. The minimum absolute atomic E-state index is 0.530. The van der Waals surface area contributed by atoms with Gasteiger partial charge >= 0.3 is 0 Å². The van der Waals surface area contributed by atoms with Gasteiger partial charge in [-0.25, -0.2) is 0 Å². The lowest BCUT2D eigenvalue weighted by Crippen LogP contribution is -1.95. The highest BCUT2D eigenvalue weighted by Crippen LogP contribution is 2.26. The number of hydrogen-bond donors (Lipinski definition) is 1. The molecule has 0 bridgehead atoms. The first-order valence-electron chi connectivity index (χ1n) is 3.16. The van der Waals surface area contributed by atoms with Crippen molar-refractivity contribution >= 4 is 0 Å². The molecule has 1 aliphatic heterocycles. The summed E-state index contributed by atoms with van der Waals surface area (Å²) in [5.41, 5.74) is 7.40. The van der Waals surface area contributed by atoms with Gasteiger partial charge in [0.15, 0.2) is 5.82 Å². The highest BCUT2D eigenvalue weighted by molar-refractivity contribution is 5.46. The summed E-state index contributed by atoms with van der Waals surface area (Å²) in [7, 11) is 0. The molecule has 1 heterocycles. The molecular weight excluding hydrogens is 126 g/mol. The van der Waals surface area contributed by atoms with E-state index in [0.717, 1.165) is 17.7 Å². The van der Waals surface area contributed by atoms with Crippen LogP contribution in [0.3, 0.4) is 0 Å². The summed E-state index contributed by atoms with van der Waals surface area (Å²) in [6.07, 6.45) is 6.95. The maximum Gasteiger partial charge on any atom is 0.155 e. The SMILES string of the molecule is NC1=C2C=CCC=C2N=N1. The molecule has 2 rings (SSSR count). The molecule has 3 nitrogen and oxygen atoms in total. The lowest BCUT2D eigenvalue weighted by atomic mass is 10.1. The van der Waals surface area contributed by atoms with E-state index in [1.54, 1.807) is 0 Å². The van der Waals surface area contributed by atoms with Crippen LogP contribution in [-0.4, -0.2) is 0 Å². The van der Waals surface area contributed by atoms with E-state index >= 15 is 0 Å². The zero-order chi connectivity index (χ0) is 6.97. The third-order valence-electron chi connectivity index (χ3n) is 1.55. The fraction of sp³-hybridized carbons (Fsp3) is 0.143. The van der Waals surface area contributed by atoms with E-state index in [2.05, 4.69) is 10.2 Å². The Balaban J connectivity index is 2.52. The third kappa shape index (κ3) is 0.603. The number of rotatable bonds is 0. The normalized spacial score (nSPS) is 21.4. The number of fused-ring (bicyclic) bond motifs is 1. The van der Waals surface area contributed by atoms with Crippen LogP contribution in [-0.2, 0) is 0 Å². The van der Waals surface area contributed by atoms with Crippen molar-refractivity contribution in [2.24, 2.45) is 16.0 Å². The van der Waals surface area contributed by atoms with Gasteiger partial charge in [-0.1, -0.05) is 18.2 Å². The summed E-state index contributed by atoms with van der Waals surface area (Å²) < 4.78 is 0. The van der Waals surface area contributed by atoms with Crippen molar-refractivity contribution in [2.75, 3.05) is 0 Å². The highest BCUT2D eigenvalue weighted by atomic mass is 15.2. The van der Waals surface area contributed by atoms with Gasteiger partial charge in [0.25, 0.3) is 0 Å². The predicted octanol–water partition coefficient (Wildman–Crippen LogP) is 1.47. The molecule has 0 aromatic heterocycles. The molecule has 0 saturated heterocycles. The fourth-order valence-electron chi connectivity index (χ4n) is 1.03. The number of azo groups is 1. The van der Waals surface area contributed by atoms with Crippen LogP contribution < -0.4 is 5.73 Å². The van der Waals surface area contributed by atoms with E-state index in [1.807, 2.05) is 18.2 Å². The van der Waals surface area contributed by atoms with Crippen molar-refractivity contribution in [1.29, 1.82) is 0 Å². The van der Waals surface area contributed by atoms with E-state index < -0.39 is 0 Å². The largest absolute Gasteiger partial charge is 0.382 e. The summed E-state index contributed by atoms with van der Waals surface area (Å²) in [4.78, 5) is 0. The zero-order valence-electron chi connectivity index (χ0n) is 5.41. The van der Waals surface area contributed by atoms with Crippen LogP contribution in [0.4, 0.5) is 0 Å². The van der Waals surface area contributed by atoms with E-state index in [9.17, 15) is 0 Å². The molecule has 0 fully saturated rings. The lowest BCUT2D eigenvalue weighted by Gasteiger charge is -1.99. The van der Waals surface area contributed by atoms with Crippen molar-refractivity contribution in [1.82, 2.24) is 0 Å². The number of nitrogens with two attached hydrogens (primary N) is 1. The van der Waals surface area contributed by atoms with E-state index in [-0.39, 0.29) is 0 Å². The maximum atomic E-state index is 5.52. The van der Waals surface area contributed by atoms with Crippen LogP contribution in [0.2, 0.25) is 0 Å². The van der Waals surface area contributed by atoms with Gasteiger partial charge in [0.1, 0.15) is 0 Å². The first kappa shape index (κ1) is 5.41. The second-order valence-electron chi connectivity index (χ2n) is 2.23. The average molecular weight is 133 g/mol. The standard InChI is InChI=1S/C7H7N3/c8-7-5-3-1-2-4-6(5)9-10-7/h1,3-4H,2,8H2. The number of nitrogens with zero attached hydrogens (tertiary/aromatic N) is 2. The summed E-state index contributed by atoms with van der Waals surface area (Å²) in [6.45, 7) is 0. The smallest absolute Gasteiger partial charge is 0.155 e. The second kappa shape index (κ2) is 1.80. The van der Waals surface area contributed by atoms with Gasteiger partial charge in [-0.3, -0.25) is 0 Å². The summed E-state index contributed by atoms with van der Waals surface area (Å²) in [5, 5.41) is 7.62. The Morgan fingerprint density at radius 2 is 2.30 bits per heavy atom. The van der Waals surface area contributed by atoms with Gasteiger partial charge in [0.05, 0.1) is 5.70 Å². The maximum absolute atomic E-state index is 5.52. The first-order valence-corrected chi connectivity index (χ1v) is 3.16. The highest BCUT2D eigenvalue weighted by Gasteiger charge is 2.13. The minimum Gasteiger partial charge on any atom is -0.382 e. The predicted molar refractivity (Wildman–Crippen MR) is 37.9 cm³/mol. The molecule has 3 heteroatoms. The number of hydrogen-bond acceptors (Lipinski definition) is 3. The Morgan fingerprint density at radius 1 is 1.40 bits per heavy atom. The molecule has 0 unspecified atom stereocenters. The molecule has 0 aromatic carbocycles. The van der Waals surface area contributed by atoms with Crippen LogP contribution >= 0.6 is 0 Å². The molecule has 0 saturated carbocycles. The van der Waals surface area contributed by atoms with Crippen molar-refractivity contribution < 1.29 is 0 Å². The Labute approximate surface area is 58.6 Å². The molecular formula is C7H7N3. The topological polar surface area (TPSA) is 50.7 Å². The van der Waals surface area contributed by atoms with E-state index in [4.69, 9.17) is 5.73 Å². The van der Waals surface area contributed by atoms with Crippen LogP contribution in [0.25, 0.3) is 0 Å². The van der Waals surface area contributed by atoms with Crippen LogP contribution in [0.1, 0.15) is 6.42 Å². The molecule has 2 aliphatic rings. The molecule has 1 aliphatic carbocycles. The Morgan fingerprint density at radius 3 is 3.10 bits per heavy atom. The molecule has 10 heavy (non-hydrogen) atoms. The van der Waals surface area contributed by atoms with Crippen molar-refractivity contribution in [2.45, 2.75) is 6.42 Å². The zero-order valence-corrected chi connectivity index (χ0v) is 5.41. The Kier molecular flexibility index (Phi) is 0.974. The Bertz CT molecular complexity index is 281. The average Bonchev–Trinajstić information content (AvgIpc) is 2.34. The molecule has 2 N–H and O–H groups in total. The van der Waals surface area contributed by atoms with Gasteiger partial charge in [-0.05, 0) is 6.42 Å². The summed E-state index contributed by atoms with van der Waals surface area (Å²) >= 11 is 0. The minimum atomic E-state index is 0.530. The summed E-state index contributed by atoms with van der Waals surface area (Å²) in [5.74, 6) is 0.530. The molecule has 0 amide bonds. The fourth-order valence-corrected chi connectivity index (χ4v) is 1.03. The monoisotopic (exact) mass is 133 g/mol. The van der Waals surface area contributed by atoms with Gasteiger partial charge < -0.3 is 5.73 Å². The molecule has 0 aromatic rings. The first-order chi connectivity index (χ1) is 4.88. The van der Waals surface area contributed by atoms with Gasteiger partial charge in [0.2, 0.25) is 0 Å². The lowest BCUT2D eigenvalue weighted by molar-refractivity contribution is 1.13. The van der Waals surface area contributed by atoms with Crippen LogP contribution in [0, 0.1) is 0 Å². The number of allylic oxidation sites excluding steroid dienone is 3. The molecule has 50 valence electrons. The van der Waals surface area contributed by atoms with Gasteiger partial charge in [-0.15, -0.1) is 10.2 Å². The van der Waals surface area contributed by atoms with Gasteiger partial charge in [0, 0.05) is 5.57 Å². The van der Waals surface area contributed by atoms with Crippen molar-refractivity contribution in [3.05, 3.63) is 35.3 Å². The van der Waals surface area contributed by atoms with E-state index in [0.29, 0.717) is 5.82 Å². The second-order valence-corrected chi connectivity index (χ2v) is 2.23. The Hall–Kier alpha value is -1.38. The van der Waals surface area contributed by atoms with Gasteiger partial charge in [-0.2, -0.15) is 0 Å². The van der Waals surface area contributed by atoms with Crippen LogP contribution in [0.5, 0.6) is 0 Å². The molecule has 0 radical (unpaired) electrons. The van der Waals surface area contributed by atoms with Crippen molar-refractivity contribution in [3.8, 4) is 0 Å². The third-order valence-corrected chi connectivity index (χ3v) is 1.55. The van der Waals surface area contributed by atoms with Crippen molar-refractivity contribution in [3.63, 3.8) is 0 Å².